The summed E-state index contributed by atoms with van der Waals surface area (Å²) in [7, 11) is 0. The van der Waals surface area contributed by atoms with Gasteiger partial charge in [0.25, 0.3) is 0 Å². The first-order valence-electron chi connectivity index (χ1n) is 9.55. The Morgan fingerprint density at radius 2 is 1.76 bits per heavy atom. The van der Waals surface area contributed by atoms with E-state index in [1.54, 1.807) is 25.1 Å². The number of hydrogen-bond donors (Lipinski definition) is 0. The second-order valence-corrected chi connectivity index (χ2v) is 7.20. The van der Waals surface area contributed by atoms with Gasteiger partial charge in [-0.2, -0.15) is 0 Å². The van der Waals surface area contributed by atoms with Crippen LogP contribution in [-0.4, -0.2) is 22.9 Å². The van der Waals surface area contributed by atoms with E-state index >= 15 is 0 Å². The summed E-state index contributed by atoms with van der Waals surface area (Å²) in [6.07, 6.45) is 0.208. The highest BCUT2D eigenvalue weighted by molar-refractivity contribution is 5.99. The van der Waals surface area contributed by atoms with Gasteiger partial charge in [0.2, 0.25) is 5.78 Å². The van der Waals surface area contributed by atoms with Gasteiger partial charge in [0.05, 0.1) is 6.42 Å². The van der Waals surface area contributed by atoms with Crippen molar-refractivity contribution in [2.24, 2.45) is 0 Å². The van der Waals surface area contributed by atoms with Crippen molar-refractivity contribution < 1.29 is 18.7 Å². The molecule has 4 nitrogen and oxygen atoms in total. The molecule has 3 aromatic rings. The molecule has 0 unspecified atom stereocenters. The molecule has 0 saturated heterocycles. The Morgan fingerprint density at radius 1 is 1.03 bits per heavy atom. The number of carbonyl (C=O) groups is 2. The Morgan fingerprint density at radius 3 is 2.45 bits per heavy atom. The first kappa shape index (κ1) is 20.5. The molecule has 1 aromatic heterocycles. The van der Waals surface area contributed by atoms with Crippen molar-refractivity contribution in [2.75, 3.05) is 6.61 Å². The second kappa shape index (κ2) is 8.86. The van der Waals surface area contributed by atoms with Crippen molar-refractivity contribution in [2.45, 2.75) is 33.1 Å². The summed E-state index contributed by atoms with van der Waals surface area (Å²) < 4.78 is 20.6. The molecule has 3 rings (SSSR count). The molecule has 2 aromatic carbocycles. The monoisotopic (exact) mass is 393 g/mol. The molecule has 1 heterocycles. The topological polar surface area (TPSA) is 48.3 Å². The number of aromatic nitrogens is 1. The van der Waals surface area contributed by atoms with Gasteiger partial charge in [0.15, 0.2) is 6.61 Å². The van der Waals surface area contributed by atoms with Crippen LogP contribution in [0.1, 0.15) is 46.6 Å². The number of ketones is 1. The van der Waals surface area contributed by atoms with Crippen LogP contribution < -0.4 is 0 Å². The number of rotatable bonds is 7. The Balaban J connectivity index is 1.65. The standard InChI is InChI=1S/C24H24FNO3/c1-16(19-8-5-4-6-9-19)12-24(28)29-15-23(27)22-13-17(2)26(18(22)3)21-11-7-10-20(25)14-21/h4-11,13-14,16H,12,15H2,1-3H3/t16-/m1/s1. The molecule has 0 amide bonds. The van der Waals surface area contributed by atoms with Gasteiger partial charge in [-0.15, -0.1) is 0 Å². The van der Waals surface area contributed by atoms with Crippen molar-refractivity contribution in [3.05, 3.63) is 89.0 Å². The highest BCUT2D eigenvalue weighted by Crippen LogP contribution is 2.22. The fraction of sp³-hybridized carbons (Fsp3) is 0.250. The molecule has 0 aliphatic rings. The Kier molecular flexibility index (Phi) is 6.27. The maximum atomic E-state index is 13.6. The van der Waals surface area contributed by atoms with E-state index in [1.807, 2.05) is 48.7 Å². The predicted molar refractivity (Wildman–Crippen MR) is 110 cm³/mol. The van der Waals surface area contributed by atoms with Gasteiger partial charge in [0, 0.05) is 22.6 Å². The normalized spacial score (nSPS) is 11.9. The summed E-state index contributed by atoms with van der Waals surface area (Å²) in [5.74, 6) is -1.02. The van der Waals surface area contributed by atoms with Crippen LogP contribution in [0.25, 0.3) is 5.69 Å². The molecule has 0 bridgehead atoms. The minimum absolute atomic E-state index is 0.0110. The highest BCUT2D eigenvalue weighted by Gasteiger charge is 2.19. The number of hydrogen-bond acceptors (Lipinski definition) is 3. The van der Waals surface area contributed by atoms with E-state index in [-0.39, 0.29) is 30.5 Å². The van der Waals surface area contributed by atoms with E-state index in [9.17, 15) is 14.0 Å². The maximum absolute atomic E-state index is 13.6. The lowest BCUT2D eigenvalue weighted by molar-refractivity contribution is -0.142. The van der Waals surface area contributed by atoms with Crippen LogP contribution in [0.4, 0.5) is 4.39 Å². The van der Waals surface area contributed by atoms with Crippen LogP contribution in [-0.2, 0) is 9.53 Å². The number of Topliss-reactive ketones (excluding diaryl/α,β-unsaturated/α-hetero) is 1. The highest BCUT2D eigenvalue weighted by atomic mass is 19.1. The number of esters is 1. The van der Waals surface area contributed by atoms with E-state index in [0.29, 0.717) is 16.9 Å². The summed E-state index contributed by atoms with van der Waals surface area (Å²) >= 11 is 0. The van der Waals surface area contributed by atoms with Crippen LogP contribution in [0.5, 0.6) is 0 Å². The molecular weight excluding hydrogens is 369 g/mol. The zero-order chi connectivity index (χ0) is 21.0. The first-order valence-corrected chi connectivity index (χ1v) is 9.55. The van der Waals surface area contributed by atoms with Crippen LogP contribution in [0.2, 0.25) is 0 Å². The third kappa shape index (κ3) is 4.80. The molecule has 0 saturated carbocycles. The summed E-state index contributed by atoms with van der Waals surface area (Å²) in [5.41, 5.74) is 3.66. The van der Waals surface area contributed by atoms with E-state index in [1.165, 1.54) is 12.1 Å². The number of nitrogens with zero attached hydrogens (tertiary/aromatic N) is 1. The fourth-order valence-corrected chi connectivity index (χ4v) is 3.49. The lowest BCUT2D eigenvalue weighted by Gasteiger charge is -2.12. The third-order valence-electron chi connectivity index (χ3n) is 5.00. The van der Waals surface area contributed by atoms with Crippen molar-refractivity contribution in [1.29, 1.82) is 0 Å². The zero-order valence-electron chi connectivity index (χ0n) is 16.8. The van der Waals surface area contributed by atoms with Crippen molar-refractivity contribution in [3.63, 3.8) is 0 Å². The first-order chi connectivity index (χ1) is 13.9. The summed E-state index contributed by atoms with van der Waals surface area (Å²) in [6, 6.07) is 17.6. The molecule has 0 spiro atoms. The molecule has 29 heavy (non-hydrogen) atoms. The molecule has 1 atom stereocenters. The SMILES string of the molecule is Cc1cc(C(=O)COC(=O)C[C@@H](C)c2ccccc2)c(C)n1-c1cccc(F)c1. The molecule has 0 aliphatic carbocycles. The van der Waals surface area contributed by atoms with E-state index in [4.69, 9.17) is 4.74 Å². The molecular formula is C24H24FNO3. The largest absolute Gasteiger partial charge is 0.457 e. The summed E-state index contributed by atoms with van der Waals surface area (Å²) in [6.45, 7) is 5.28. The maximum Gasteiger partial charge on any atom is 0.306 e. The van der Waals surface area contributed by atoms with Crippen molar-refractivity contribution in [3.8, 4) is 5.69 Å². The minimum Gasteiger partial charge on any atom is -0.457 e. The zero-order valence-corrected chi connectivity index (χ0v) is 16.8. The molecule has 150 valence electrons. The van der Waals surface area contributed by atoms with E-state index in [0.717, 1.165) is 11.3 Å². The van der Waals surface area contributed by atoms with Gasteiger partial charge in [0.1, 0.15) is 5.82 Å². The van der Waals surface area contributed by atoms with E-state index < -0.39 is 5.97 Å². The Hall–Kier alpha value is -3.21. The van der Waals surface area contributed by atoms with Gasteiger partial charge < -0.3 is 9.30 Å². The molecule has 0 radical (unpaired) electrons. The molecule has 0 fully saturated rings. The van der Waals surface area contributed by atoms with Gasteiger partial charge >= 0.3 is 5.97 Å². The lowest BCUT2D eigenvalue weighted by Crippen LogP contribution is -2.16. The third-order valence-corrected chi connectivity index (χ3v) is 5.00. The van der Waals surface area contributed by atoms with Crippen LogP contribution >= 0.6 is 0 Å². The fourth-order valence-electron chi connectivity index (χ4n) is 3.49. The number of aryl methyl sites for hydroxylation is 1. The quantitative estimate of drug-likeness (QED) is 0.412. The van der Waals surface area contributed by atoms with Gasteiger partial charge in [-0.3, -0.25) is 9.59 Å². The van der Waals surface area contributed by atoms with Crippen LogP contribution in [0, 0.1) is 19.7 Å². The molecule has 0 aliphatic heterocycles. The van der Waals surface area contributed by atoms with Crippen molar-refractivity contribution >= 4 is 11.8 Å². The number of benzene rings is 2. The average molecular weight is 393 g/mol. The lowest BCUT2D eigenvalue weighted by atomic mass is 9.98. The van der Waals surface area contributed by atoms with Crippen LogP contribution in [0.3, 0.4) is 0 Å². The minimum atomic E-state index is -0.409. The van der Waals surface area contributed by atoms with Gasteiger partial charge in [-0.05, 0) is 49.6 Å². The molecule has 5 heteroatoms. The average Bonchev–Trinajstić information content (AvgIpc) is 3.01. The second-order valence-electron chi connectivity index (χ2n) is 7.20. The predicted octanol–water partition coefficient (Wildman–Crippen LogP) is 5.15. The smallest absolute Gasteiger partial charge is 0.306 e. The summed E-state index contributed by atoms with van der Waals surface area (Å²) in [4.78, 5) is 24.8. The number of halogens is 1. The Bertz CT molecular complexity index is 1020. The van der Waals surface area contributed by atoms with Gasteiger partial charge in [-0.1, -0.05) is 43.3 Å². The Labute approximate surface area is 169 Å². The summed E-state index contributed by atoms with van der Waals surface area (Å²) in [5, 5.41) is 0. The molecule has 0 N–H and O–H groups in total. The van der Waals surface area contributed by atoms with Crippen molar-refractivity contribution in [1.82, 2.24) is 4.57 Å². The van der Waals surface area contributed by atoms with E-state index in [2.05, 4.69) is 0 Å². The van der Waals surface area contributed by atoms with Gasteiger partial charge in [-0.25, -0.2) is 4.39 Å². The number of ether oxygens (including phenoxy) is 1. The number of carbonyl (C=O) groups excluding carboxylic acids is 2. The van der Waals surface area contributed by atoms with Crippen LogP contribution in [0.15, 0.2) is 60.7 Å².